The molecule has 7 heteroatoms. The Bertz CT molecular complexity index is 898. The second kappa shape index (κ2) is 8.18. The van der Waals surface area contributed by atoms with E-state index < -0.39 is 16.4 Å². The number of anilines is 1. The van der Waals surface area contributed by atoms with Crippen molar-refractivity contribution in [3.8, 4) is 0 Å². The van der Waals surface area contributed by atoms with Crippen LogP contribution in [0.4, 0.5) is 10.5 Å². The van der Waals surface area contributed by atoms with E-state index in [4.69, 9.17) is 0 Å². The molecular weight excluding hydrogens is 364 g/mol. The Hall–Kier alpha value is -2.93. The number of hydrogen-bond donors (Lipinski definition) is 1. The van der Waals surface area contributed by atoms with Gasteiger partial charge < -0.3 is 5.32 Å². The SMILES string of the molecule is Cc1ccccc1NC(=O)CC1SC(=O)N(CC(=O)c2ccccc2)C1=O. The molecule has 0 radical (unpaired) electrons. The van der Waals surface area contributed by atoms with Crippen LogP contribution < -0.4 is 5.32 Å². The fraction of sp³-hybridized carbons (Fsp3) is 0.200. The van der Waals surface area contributed by atoms with Crippen LogP contribution in [0.1, 0.15) is 22.3 Å². The van der Waals surface area contributed by atoms with Crippen molar-refractivity contribution in [3.05, 3.63) is 65.7 Å². The lowest BCUT2D eigenvalue weighted by molar-refractivity contribution is -0.128. The van der Waals surface area contributed by atoms with Crippen molar-refractivity contribution in [1.82, 2.24) is 4.90 Å². The van der Waals surface area contributed by atoms with Gasteiger partial charge in [-0.25, -0.2) is 0 Å². The largest absolute Gasteiger partial charge is 0.326 e. The third-order valence-corrected chi connectivity index (χ3v) is 5.27. The molecule has 0 aromatic heterocycles. The quantitative estimate of drug-likeness (QED) is 0.775. The molecular formula is C20H18N2O4S. The smallest absolute Gasteiger partial charge is 0.289 e. The molecule has 2 aromatic carbocycles. The van der Waals surface area contributed by atoms with E-state index in [1.54, 1.807) is 42.5 Å². The van der Waals surface area contributed by atoms with Gasteiger partial charge in [0, 0.05) is 17.7 Å². The normalized spacial score (nSPS) is 16.5. The summed E-state index contributed by atoms with van der Waals surface area (Å²) in [5.41, 5.74) is 2.01. The third-order valence-electron chi connectivity index (χ3n) is 4.19. The molecule has 27 heavy (non-hydrogen) atoms. The van der Waals surface area contributed by atoms with Gasteiger partial charge in [-0.3, -0.25) is 24.1 Å². The van der Waals surface area contributed by atoms with Gasteiger partial charge in [0.15, 0.2) is 5.78 Å². The molecule has 1 unspecified atom stereocenters. The fourth-order valence-electron chi connectivity index (χ4n) is 2.71. The molecule has 2 aromatic rings. The molecule has 138 valence electrons. The average Bonchev–Trinajstić information content (AvgIpc) is 2.91. The van der Waals surface area contributed by atoms with Crippen LogP contribution in [-0.2, 0) is 9.59 Å². The molecule has 1 N–H and O–H groups in total. The van der Waals surface area contributed by atoms with E-state index in [0.29, 0.717) is 11.3 Å². The highest BCUT2D eigenvalue weighted by atomic mass is 32.2. The summed E-state index contributed by atoms with van der Waals surface area (Å²) < 4.78 is 0. The van der Waals surface area contributed by atoms with Gasteiger partial charge in [0.05, 0.1) is 6.54 Å². The first-order valence-corrected chi connectivity index (χ1v) is 9.29. The first kappa shape index (κ1) is 18.8. The average molecular weight is 382 g/mol. The van der Waals surface area contributed by atoms with Crippen LogP contribution in [0.25, 0.3) is 0 Å². The van der Waals surface area contributed by atoms with Crippen molar-refractivity contribution in [2.45, 2.75) is 18.6 Å². The van der Waals surface area contributed by atoms with Gasteiger partial charge in [-0.05, 0) is 18.6 Å². The Morgan fingerprint density at radius 3 is 2.41 bits per heavy atom. The van der Waals surface area contributed by atoms with Gasteiger partial charge in [-0.2, -0.15) is 0 Å². The highest BCUT2D eigenvalue weighted by Crippen LogP contribution is 2.30. The van der Waals surface area contributed by atoms with Crippen LogP contribution in [0.15, 0.2) is 54.6 Å². The standard InChI is InChI=1S/C20H18N2O4S/c1-13-7-5-6-10-15(13)21-18(24)11-17-19(25)22(20(26)27-17)12-16(23)14-8-3-2-4-9-14/h2-10,17H,11-12H2,1H3,(H,21,24). The summed E-state index contributed by atoms with van der Waals surface area (Å²) in [6.45, 7) is 1.55. The number of nitrogens with one attached hydrogen (secondary N) is 1. The Morgan fingerprint density at radius 1 is 1.04 bits per heavy atom. The summed E-state index contributed by atoms with van der Waals surface area (Å²) in [5.74, 6) is -1.17. The number of nitrogens with zero attached hydrogens (tertiary/aromatic N) is 1. The lowest BCUT2D eigenvalue weighted by Crippen LogP contribution is -2.36. The molecule has 1 saturated heterocycles. The highest BCUT2D eigenvalue weighted by molar-refractivity contribution is 8.15. The Kier molecular flexibility index (Phi) is 5.71. The molecule has 0 spiro atoms. The molecule has 1 heterocycles. The van der Waals surface area contributed by atoms with E-state index in [-0.39, 0.29) is 24.7 Å². The van der Waals surface area contributed by atoms with Gasteiger partial charge in [0.1, 0.15) is 5.25 Å². The lowest BCUT2D eigenvalue weighted by Gasteiger charge is -2.13. The van der Waals surface area contributed by atoms with Gasteiger partial charge in [-0.1, -0.05) is 60.3 Å². The van der Waals surface area contributed by atoms with Crippen molar-refractivity contribution in [3.63, 3.8) is 0 Å². The number of imide groups is 1. The van der Waals surface area contributed by atoms with E-state index in [1.165, 1.54) is 0 Å². The zero-order valence-electron chi connectivity index (χ0n) is 14.7. The number of benzene rings is 2. The van der Waals surface area contributed by atoms with Crippen LogP contribution in [-0.4, -0.2) is 39.5 Å². The first-order valence-electron chi connectivity index (χ1n) is 8.41. The predicted octanol–water partition coefficient (Wildman–Crippen LogP) is 3.27. The van der Waals surface area contributed by atoms with Crippen molar-refractivity contribution in [2.24, 2.45) is 0 Å². The van der Waals surface area contributed by atoms with Gasteiger partial charge in [-0.15, -0.1) is 0 Å². The van der Waals surface area contributed by atoms with E-state index in [0.717, 1.165) is 22.2 Å². The summed E-state index contributed by atoms with van der Waals surface area (Å²) in [6, 6.07) is 15.8. The maximum atomic E-state index is 12.5. The molecule has 0 bridgehead atoms. The van der Waals surface area contributed by atoms with E-state index >= 15 is 0 Å². The third kappa shape index (κ3) is 4.43. The van der Waals surface area contributed by atoms with E-state index in [2.05, 4.69) is 5.32 Å². The summed E-state index contributed by atoms with van der Waals surface area (Å²) in [5, 5.41) is 1.44. The maximum absolute atomic E-state index is 12.5. The number of rotatable bonds is 6. The molecule has 3 amide bonds. The minimum absolute atomic E-state index is 0.125. The lowest BCUT2D eigenvalue weighted by atomic mass is 10.1. The molecule has 1 aliphatic rings. The van der Waals surface area contributed by atoms with Gasteiger partial charge in [0.2, 0.25) is 11.8 Å². The molecule has 0 saturated carbocycles. The zero-order valence-corrected chi connectivity index (χ0v) is 15.5. The predicted molar refractivity (Wildman–Crippen MR) is 104 cm³/mol. The number of carbonyl (C=O) groups is 4. The topological polar surface area (TPSA) is 83.6 Å². The zero-order chi connectivity index (χ0) is 19.4. The minimum atomic E-state index is -0.815. The Balaban J connectivity index is 1.61. The molecule has 1 aliphatic heterocycles. The number of para-hydroxylation sites is 1. The van der Waals surface area contributed by atoms with E-state index in [1.807, 2.05) is 19.1 Å². The molecule has 0 aliphatic carbocycles. The van der Waals surface area contributed by atoms with Crippen LogP contribution in [0.2, 0.25) is 0 Å². The second-order valence-corrected chi connectivity index (χ2v) is 7.31. The number of aryl methyl sites for hydroxylation is 1. The summed E-state index contributed by atoms with van der Waals surface area (Å²) >= 11 is 0.786. The number of Topliss-reactive ketones (excluding diaryl/α,β-unsaturated/α-hetero) is 1. The summed E-state index contributed by atoms with van der Waals surface area (Å²) in [6.07, 6.45) is -0.125. The monoisotopic (exact) mass is 382 g/mol. The highest BCUT2D eigenvalue weighted by Gasteiger charge is 2.41. The number of ketones is 1. The first-order chi connectivity index (χ1) is 13.0. The fourth-order valence-corrected chi connectivity index (χ4v) is 3.70. The van der Waals surface area contributed by atoms with Crippen molar-refractivity contribution < 1.29 is 19.2 Å². The van der Waals surface area contributed by atoms with Crippen molar-refractivity contribution in [2.75, 3.05) is 11.9 Å². The van der Waals surface area contributed by atoms with E-state index in [9.17, 15) is 19.2 Å². The molecule has 1 atom stereocenters. The van der Waals surface area contributed by atoms with Crippen molar-refractivity contribution >= 4 is 40.3 Å². The Morgan fingerprint density at radius 2 is 1.70 bits per heavy atom. The number of hydrogen-bond acceptors (Lipinski definition) is 5. The second-order valence-electron chi connectivity index (χ2n) is 6.15. The number of thioether (sulfide) groups is 1. The van der Waals surface area contributed by atoms with Gasteiger partial charge >= 0.3 is 0 Å². The number of amides is 3. The molecule has 6 nitrogen and oxygen atoms in total. The maximum Gasteiger partial charge on any atom is 0.289 e. The molecule has 1 fully saturated rings. The van der Waals surface area contributed by atoms with Crippen LogP contribution in [0.5, 0.6) is 0 Å². The summed E-state index contributed by atoms with van der Waals surface area (Å²) in [4.78, 5) is 50.1. The van der Waals surface area contributed by atoms with Crippen molar-refractivity contribution in [1.29, 1.82) is 0 Å². The van der Waals surface area contributed by atoms with Crippen LogP contribution in [0.3, 0.4) is 0 Å². The summed E-state index contributed by atoms with van der Waals surface area (Å²) in [7, 11) is 0. The van der Waals surface area contributed by atoms with Gasteiger partial charge in [0.25, 0.3) is 5.24 Å². The van der Waals surface area contributed by atoms with Crippen LogP contribution in [0, 0.1) is 6.92 Å². The molecule has 3 rings (SSSR count). The minimum Gasteiger partial charge on any atom is -0.326 e. The number of carbonyl (C=O) groups excluding carboxylic acids is 4. The van der Waals surface area contributed by atoms with Crippen LogP contribution >= 0.6 is 11.8 Å². The Labute approximate surface area is 160 Å².